The number of aryl methyl sites for hydroxylation is 1. The number of benzene rings is 2. The number of aromatic nitrogens is 4. The predicted molar refractivity (Wildman–Crippen MR) is 168 cm³/mol. The highest BCUT2D eigenvalue weighted by molar-refractivity contribution is 6.39. The number of aldehydes is 1. The number of rotatable bonds is 7. The van der Waals surface area contributed by atoms with Gasteiger partial charge in [0.15, 0.2) is 6.29 Å². The average Bonchev–Trinajstić information content (AvgIpc) is 3.30. The lowest BCUT2D eigenvalue weighted by molar-refractivity contribution is 0.0523. The van der Waals surface area contributed by atoms with Crippen LogP contribution in [0.4, 0.5) is 4.79 Å². The lowest BCUT2D eigenvalue weighted by Gasteiger charge is -2.20. The van der Waals surface area contributed by atoms with Crippen LogP contribution < -0.4 is 10.1 Å². The first-order valence-electron chi connectivity index (χ1n) is 13.4. The zero-order valence-corrected chi connectivity index (χ0v) is 25.7. The van der Waals surface area contributed by atoms with E-state index in [2.05, 4.69) is 20.4 Å². The molecule has 11 heteroatoms. The van der Waals surface area contributed by atoms with Crippen LogP contribution in [-0.4, -0.2) is 44.8 Å². The van der Waals surface area contributed by atoms with Crippen molar-refractivity contribution in [2.75, 3.05) is 7.11 Å². The van der Waals surface area contributed by atoms with Gasteiger partial charge in [0, 0.05) is 46.4 Å². The number of carbonyl (C=O) groups excluding carboxylic acids is 2. The summed E-state index contributed by atoms with van der Waals surface area (Å²) in [7, 11) is 3.30. The van der Waals surface area contributed by atoms with Crippen molar-refractivity contribution < 1.29 is 19.1 Å². The zero-order valence-electron chi connectivity index (χ0n) is 24.2. The van der Waals surface area contributed by atoms with Gasteiger partial charge < -0.3 is 14.8 Å². The number of hydrogen-bond donors (Lipinski definition) is 1. The number of methoxy groups -OCH3 is 1. The van der Waals surface area contributed by atoms with Crippen molar-refractivity contribution in [3.05, 3.63) is 82.1 Å². The molecule has 0 aliphatic rings. The molecule has 2 aromatic carbocycles. The van der Waals surface area contributed by atoms with Crippen molar-refractivity contribution in [1.82, 2.24) is 25.1 Å². The number of halogens is 2. The van der Waals surface area contributed by atoms with E-state index in [-0.39, 0.29) is 6.54 Å². The molecule has 5 aromatic rings. The molecule has 0 unspecified atom stereocenters. The van der Waals surface area contributed by atoms with Crippen molar-refractivity contribution in [2.45, 2.75) is 32.9 Å². The Morgan fingerprint density at radius 2 is 1.77 bits per heavy atom. The second-order valence-electron chi connectivity index (χ2n) is 10.8. The molecule has 0 bridgehead atoms. The Morgan fingerprint density at radius 3 is 2.49 bits per heavy atom. The number of alkyl carbamates (subject to hydrolysis) is 1. The first kappa shape index (κ1) is 30.0. The summed E-state index contributed by atoms with van der Waals surface area (Å²) in [6, 6.07) is 16.7. The van der Waals surface area contributed by atoms with Gasteiger partial charge in [0.05, 0.1) is 40.6 Å². The number of nitrogens with zero attached hydrogens (tertiary/aromatic N) is 4. The molecule has 0 fully saturated rings. The first-order valence-corrected chi connectivity index (χ1v) is 14.1. The van der Waals surface area contributed by atoms with Crippen molar-refractivity contribution in [2.24, 2.45) is 7.05 Å². The van der Waals surface area contributed by atoms with Crippen LogP contribution >= 0.6 is 23.2 Å². The summed E-state index contributed by atoms with van der Waals surface area (Å²) in [6.07, 6.45) is 1.88. The maximum Gasteiger partial charge on any atom is 0.407 e. The second kappa shape index (κ2) is 12.0. The summed E-state index contributed by atoms with van der Waals surface area (Å²) in [5.74, 6) is 0.350. The summed E-state index contributed by atoms with van der Waals surface area (Å²) in [4.78, 5) is 32.7. The minimum Gasteiger partial charge on any atom is -0.481 e. The molecule has 0 aliphatic heterocycles. The Balaban J connectivity index is 1.48. The summed E-state index contributed by atoms with van der Waals surface area (Å²) < 4.78 is 12.5. The van der Waals surface area contributed by atoms with E-state index < -0.39 is 11.7 Å². The Morgan fingerprint density at radius 1 is 1.02 bits per heavy atom. The third-order valence-electron chi connectivity index (χ3n) is 6.67. The van der Waals surface area contributed by atoms with Crippen molar-refractivity contribution >= 4 is 46.5 Å². The fraction of sp³-hybridized carbons (Fsp3) is 0.219. The second-order valence-corrected chi connectivity index (χ2v) is 11.5. The molecule has 0 radical (unpaired) electrons. The zero-order chi connectivity index (χ0) is 30.9. The molecule has 0 saturated heterocycles. The quantitative estimate of drug-likeness (QED) is 0.188. The Kier molecular flexibility index (Phi) is 8.39. The number of hydrogen-bond acceptors (Lipinski definition) is 7. The molecule has 0 aliphatic carbocycles. The van der Waals surface area contributed by atoms with Gasteiger partial charge in [0.25, 0.3) is 0 Å². The highest BCUT2D eigenvalue weighted by Gasteiger charge is 2.20. The van der Waals surface area contributed by atoms with Gasteiger partial charge in [0.2, 0.25) is 5.88 Å². The summed E-state index contributed by atoms with van der Waals surface area (Å²) in [6.45, 7) is 5.57. The van der Waals surface area contributed by atoms with Gasteiger partial charge in [-0.15, -0.1) is 0 Å². The standard InChI is InChI=1S/C32H29Cl2N5O4/c1-32(2,3)43-31(41)36-16-19-10-12-24(37-30(19)42-5)23-8-6-7-20(27(23)33)21-13-14-35-29(28(21)34)18-9-11-22-25(17-40)38-39(4)26(22)15-18/h6-15,17H,16H2,1-5H3,(H,36,41). The first-order chi connectivity index (χ1) is 20.5. The molecule has 0 spiro atoms. The summed E-state index contributed by atoms with van der Waals surface area (Å²) >= 11 is 13.9. The van der Waals surface area contributed by atoms with E-state index in [1.165, 1.54) is 7.11 Å². The fourth-order valence-electron chi connectivity index (χ4n) is 4.72. The third kappa shape index (κ3) is 6.18. The number of amides is 1. The van der Waals surface area contributed by atoms with E-state index in [9.17, 15) is 9.59 Å². The van der Waals surface area contributed by atoms with Gasteiger partial charge in [-0.05, 0) is 51.1 Å². The van der Waals surface area contributed by atoms with Crippen LogP contribution in [0.15, 0.2) is 60.8 Å². The van der Waals surface area contributed by atoms with E-state index in [0.29, 0.717) is 55.3 Å². The predicted octanol–water partition coefficient (Wildman–Crippen LogP) is 7.52. The molecular formula is C32H29Cl2N5O4. The highest BCUT2D eigenvalue weighted by Crippen LogP contribution is 2.42. The molecule has 1 N–H and O–H groups in total. The molecule has 43 heavy (non-hydrogen) atoms. The van der Waals surface area contributed by atoms with E-state index in [0.717, 1.165) is 22.8 Å². The largest absolute Gasteiger partial charge is 0.481 e. The number of nitrogens with one attached hydrogen (secondary N) is 1. The molecular weight excluding hydrogens is 589 g/mol. The summed E-state index contributed by atoms with van der Waals surface area (Å²) in [5, 5.41) is 8.62. The lowest BCUT2D eigenvalue weighted by Crippen LogP contribution is -2.32. The van der Waals surface area contributed by atoms with Gasteiger partial charge in [-0.2, -0.15) is 5.10 Å². The number of ether oxygens (including phenoxy) is 2. The van der Waals surface area contributed by atoms with Crippen LogP contribution in [0.25, 0.3) is 44.5 Å². The Labute approximate surface area is 258 Å². The number of fused-ring (bicyclic) bond motifs is 1. The lowest BCUT2D eigenvalue weighted by atomic mass is 9.99. The van der Waals surface area contributed by atoms with E-state index in [1.807, 2.05) is 54.6 Å². The minimum atomic E-state index is -0.607. The van der Waals surface area contributed by atoms with Crippen molar-refractivity contribution in [3.8, 4) is 39.5 Å². The SMILES string of the molecule is COc1nc(-c2cccc(-c3ccnc(-c4ccc5c(C=O)nn(C)c5c4)c3Cl)c2Cl)ccc1CNC(=O)OC(C)(C)C. The van der Waals surface area contributed by atoms with Gasteiger partial charge in [-0.25, -0.2) is 9.78 Å². The van der Waals surface area contributed by atoms with Gasteiger partial charge >= 0.3 is 6.09 Å². The van der Waals surface area contributed by atoms with Crippen LogP contribution in [0.2, 0.25) is 10.0 Å². The number of carbonyl (C=O) groups is 2. The summed E-state index contributed by atoms with van der Waals surface area (Å²) in [5.41, 5.74) is 5.23. The molecule has 220 valence electrons. The minimum absolute atomic E-state index is 0.176. The van der Waals surface area contributed by atoms with Crippen LogP contribution in [0, 0.1) is 0 Å². The molecule has 0 atom stereocenters. The molecule has 3 heterocycles. The van der Waals surface area contributed by atoms with Crippen LogP contribution in [-0.2, 0) is 18.3 Å². The molecule has 0 saturated carbocycles. The molecule has 9 nitrogen and oxygen atoms in total. The van der Waals surface area contributed by atoms with Gasteiger partial charge in [-0.1, -0.05) is 47.5 Å². The Bertz CT molecular complexity index is 1860. The van der Waals surface area contributed by atoms with E-state index in [1.54, 1.807) is 38.7 Å². The smallest absolute Gasteiger partial charge is 0.407 e. The van der Waals surface area contributed by atoms with Crippen LogP contribution in [0.3, 0.4) is 0 Å². The fourth-order valence-corrected chi connectivity index (χ4v) is 5.37. The van der Waals surface area contributed by atoms with Crippen molar-refractivity contribution in [1.29, 1.82) is 0 Å². The van der Waals surface area contributed by atoms with E-state index >= 15 is 0 Å². The Hall–Kier alpha value is -4.47. The average molecular weight is 619 g/mol. The number of pyridine rings is 2. The maximum absolute atomic E-state index is 12.1. The van der Waals surface area contributed by atoms with E-state index in [4.69, 9.17) is 32.7 Å². The molecule has 5 rings (SSSR count). The molecule has 3 aromatic heterocycles. The molecule has 1 amide bonds. The van der Waals surface area contributed by atoms with Crippen LogP contribution in [0.1, 0.15) is 36.8 Å². The monoisotopic (exact) mass is 617 g/mol. The van der Waals surface area contributed by atoms with Crippen molar-refractivity contribution in [3.63, 3.8) is 0 Å². The van der Waals surface area contributed by atoms with Gasteiger partial charge in [-0.3, -0.25) is 14.5 Å². The topological polar surface area (TPSA) is 108 Å². The van der Waals surface area contributed by atoms with Crippen LogP contribution in [0.5, 0.6) is 5.88 Å². The highest BCUT2D eigenvalue weighted by atomic mass is 35.5. The van der Waals surface area contributed by atoms with Gasteiger partial charge in [0.1, 0.15) is 11.3 Å². The maximum atomic E-state index is 12.1. The third-order valence-corrected chi connectivity index (χ3v) is 7.46. The normalized spacial score (nSPS) is 11.4.